The number of hydrogen-bond donors (Lipinski definition) is 4. The molecule has 0 unspecified atom stereocenters. The number of benzene rings is 1. The Kier molecular flexibility index (Phi) is 7.37. The van der Waals surface area contributed by atoms with Gasteiger partial charge in [0.15, 0.2) is 11.5 Å². The Bertz CT molecular complexity index is 1080. The van der Waals surface area contributed by atoms with Crippen molar-refractivity contribution in [3.05, 3.63) is 42.4 Å². The molecule has 3 aromatic rings. The predicted molar refractivity (Wildman–Crippen MR) is 125 cm³/mol. The molecule has 0 aliphatic heterocycles. The Morgan fingerprint density at radius 3 is 2.48 bits per heavy atom. The summed E-state index contributed by atoms with van der Waals surface area (Å²) in [6, 6.07) is 9.42. The van der Waals surface area contributed by atoms with E-state index in [-0.39, 0.29) is 17.5 Å². The molecule has 0 amide bonds. The summed E-state index contributed by atoms with van der Waals surface area (Å²) < 4.78 is 5.99. The maximum absolute atomic E-state index is 10.3. The second kappa shape index (κ2) is 10.8. The number of nitriles is 1. The molecule has 2 fully saturated rings. The maximum atomic E-state index is 10.3. The smallest absolute Gasteiger partial charge is 0.158 e. The van der Waals surface area contributed by atoms with Crippen LogP contribution in [-0.4, -0.2) is 37.4 Å². The van der Waals surface area contributed by atoms with Crippen LogP contribution < -0.4 is 15.8 Å². The molecule has 2 aliphatic rings. The number of aromatic hydroxyl groups is 1. The minimum atomic E-state index is 0.121. The molecule has 9 heteroatoms. The second-order valence-electron chi connectivity index (χ2n) is 8.41. The molecule has 2 aliphatic carbocycles. The third kappa shape index (κ3) is 5.99. The Labute approximate surface area is 193 Å². The van der Waals surface area contributed by atoms with E-state index in [0.717, 1.165) is 12.8 Å². The lowest BCUT2D eigenvalue weighted by atomic mass is 9.96. The largest absolute Gasteiger partial charge is 0.507 e. The van der Waals surface area contributed by atoms with E-state index in [1.807, 2.05) is 12.1 Å². The van der Waals surface area contributed by atoms with E-state index in [9.17, 15) is 5.11 Å². The molecule has 0 saturated heterocycles. The molecule has 5 N–H and O–H groups in total. The van der Waals surface area contributed by atoms with Gasteiger partial charge in [0, 0.05) is 12.1 Å². The number of aromatic nitrogens is 4. The SMILES string of the molecule is N#Cc1cnc(Nc2cc(-c3c(O)cccc3OC3CCC3)[nH]n2)cn1.NC1CCCCC1. The monoisotopic (exact) mass is 447 g/mol. The van der Waals surface area contributed by atoms with E-state index < -0.39 is 0 Å². The van der Waals surface area contributed by atoms with E-state index in [0.29, 0.717) is 34.7 Å². The first kappa shape index (κ1) is 22.6. The fourth-order valence-electron chi connectivity index (χ4n) is 3.79. The van der Waals surface area contributed by atoms with Gasteiger partial charge in [0.05, 0.1) is 29.8 Å². The summed E-state index contributed by atoms with van der Waals surface area (Å²) in [4.78, 5) is 8.05. The van der Waals surface area contributed by atoms with E-state index in [2.05, 4.69) is 25.5 Å². The van der Waals surface area contributed by atoms with Gasteiger partial charge in [-0.05, 0) is 44.2 Å². The molecule has 2 saturated carbocycles. The average molecular weight is 448 g/mol. The molecule has 33 heavy (non-hydrogen) atoms. The van der Waals surface area contributed by atoms with E-state index >= 15 is 0 Å². The number of nitrogens with zero attached hydrogens (tertiary/aromatic N) is 4. The quantitative estimate of drug-likeness (QED) is 0.450. The van der Waals surface area contributed by atoms with Crippen molar-refractivity contribution in [2.45, 2.75) is 63.5 Å². The molecular formula is C24H29N7O2. The van der Waals surface area contributed by atoms with Crippen LogP contribution in [-0.2, 0) is 0 Å². The highest BCUT2D eigenvalue weighted by Gasteiger charge is 2.22. The predicted octanol–water partition coefficient (Wildman–Crippen LogP) is 4.40. The summed E-state index contributed by atoms with van der Waals surface area (Å²) in [5.74, 6) is 1.72. The molecule has 2 heterocycles. The zero-order valence-corrected chi connectivity index (χ0v) is 18.5. The minimum absolute atomic E-state index is 0.121. The highest BCUT2D eigenvalue weighted by Crippen LogP contribution is 2.39. The lowest BCUT2D eigenvalue weighted by Gasteiger charge is -2.27. The first-order valence-corrected chi connectivity index (χ1v) is 11.4. The lowest BCUT2D eigenvalue weighted by Crippen LogP contribution is -2.24. The molecule has 1 aromatic carbocycles. The summed E-state index contributed by atoms with van der Waals surface area (Å²) in [6.07, 6.45) is 12.9. The van der Waals surface area contributed by atoms with Crippen molar-refractivity contribution in [2.75, 3.05) is 5.32 Å². The van der Waals surface area contributed by atoms with Gasteiger partial charge < -0.3 is 20.9 Å². The number of nitrogens with one attached hydrogen (secondary N) is 2. The van der Waals surface area contributed by atoms with Gasteiger partial charge >= 0.3 is 0 Å². The Hall–Kier alpha value is -3.64. The number of rotatable bonds is 5. The van der Waals surface area contributed by atoms with Gasteiger partial charge in [-0.25, -0.2) is 9.97 Å². The fraction of sp³-hybridized carbons (Fsp3) is 0.417. The summed E-state index contributed by atoms with van der Waals surface area (Å²) in [5, 5.41) is 29.2. The molecule has 2 aromatic heterocycles. The second-order valence-corrected chi connectivity index (χ2v) is 8.41. The van der Waals surface area contributed by atoms with Crippen molar-refractivity contribution in [3.8, 4) is 28.8 Å². The minimum Gasteiger partial charge on any atom is -0.507 e. The molecule has 0 spiro atoms. The topological polar surface area (TPSA) is 146 Å². The first-order chi connectivity index (χ1) is 16.1. The van der Waals surface area contributed by atoms with Gasteiger partial charge in [-0.2, -0.15) is 10.4 Å². The molecule has 0 bridgehead atoms. The summed E-state index contributed by atoms with van der Waals surface area (Å²) in [7, 11) is 0. The molecular weight excluding hydrogens is 418 g/mol. The zero-order valence-electron chi connectivity index (χ0n) is 18.5. The fourth-order valence-corrected chi connectivity index (χ4v) is 3.79. The number of phenols is 1. The van der Waals surface area contributed by atoms with Gasteiger partial charge in [-0.3, -0.25) is 5.10 Å². The Morgan fingerprint density at radius 1 is 1.06 bits per heavy atom. The average Bonchev–Trinajstić information content (AvgIpc) is 3.25. The normalized spacial score (nSPS) is 16.1. The Balaban J connectivity index is 0.000000318. The van der Waals surface area contributed by atoms with Crippen molar-refractivity contribution in [1.29, 1.82) is 5.26 Å². The number of hydrogen-bond acceptors (Lipinski definition) is 8. The molecule has 9 nitrogen and oxygen atoms in total. The standard InChI is InChI=1S/C18H16N6O2.C6H13N/c19-8-11-9-21-17(10-20-11)22-16-7-13(23-24-16)18-14(25)5-2-6-15(18)26-12-3-1-4-12;7-6-4-2-1-3-5-6/h2,5-7,9-10,12,25H,1,3-4H2,(H2,21,22,23,24);6H,1-5,7H2. The Morgan fingerprint density at radius 2 is 1.88 bits per heavy atom. The van der Waals surface area contributed by atoms with Gasteiger partial charge in [-0.15, -0.1) is 0 Å². The van der Waals surface area contributed by atoms with Crippen molar-refractivity contribution in [2.24, 2.45) is 5.73 Å². The van der Waals surface area contributed by atoms with Crippen molar-refractivity contribution < 1.29 is 9.84 Å². The van der Waals surface area contributed by atoms with Crippen LogP contribution >= 0.6 is 0 Å². The van der Waals surface area contributed by atoms with Crippen LogP contribution in [0, 0.1) is 11.3 Å². The zero-order chi connectivity index (χ0) is 23.0. The third-order valence-corrected chi connectivity index (χ3v) is 5.87. The van der Waals surface area contributed by atoms with Crippen LogP contribution in [0.1, 0.15) is 57.1 Å². The number of H-pyrrole nitrogens is 1. The number of phenolic OH excluding ortho intramolecular Hbond substituents is 1. The van der Waals surface area contributed by atoms with Gasteiger partial charge in [0.2, 0.25) is 0 Å². The summed E-state index contributed by atoms with van der Waals surface area (Å²) in [6.45, 7) is 0. The maximum Gasteiger partial charge on any atom is 0.158 e. The first-order valence-electron chi connectivity index (χ1n) is 11.4. The van der Waals surface area contributed by atoms with Crippen LogP contribution in [0.4, 0.5) is 11.6 Å². The van der Waals surface area contributed by atoms with Crippen LogP contribution in [0.3, 0.4) is 0 Å². The number of ether oxygens (including phenoxy) is 1. The summed E-state index contributed by atoms with van der Waals surface area (Å²) in [5.41, 5.74) is 7.08. The number of nitrogens with two attached hydrogens (primary N) is 1. The summed E-state index contributed by atoms with van der Waals surface area (Å²) >= 11 is 0. The highest BCUT2D eigenvalue weighted by atomic mass is 16.5. The van der Waals surface area contributed by atoms with Gasteiger partial charge in [0.25, 0.3) is 0 Å². The molecule has 0 radical (unpaired) electrons. The van der Waals surface area contributed by atoms with Gasteiger partial charge in [-0.1, -0.05) is 25.3 Å². The van der Waals surface area contributed by atoms with Crippen LogP contribution in [0.15, 0.2) is 36.7 Å². The van der Waals surface area contributed by atoms with Gasteiger partial charge in [0.1, 0.15) is 23.4 Å². The molecule has 172 valence electrons. The molecule has 5 rings (SSSR count). The van der Waals surface area contributed by atoms with Crippen LogP contribution in [0.25, 0.3) is 11.3 Å². The number of anilines is 2. The highest BCUT2D eigenvalue weighted by molar-refractivity contribution is 5.76. The van der Waals surface area contributed by atoms with Crippen LogP contribution in [0.2, 0.25) is 0 Å². The van der Waals surface area contributed by atoms with E-state index in [1.54, 1.807) is 18.2 Å². The van der Waals surface area contributed by atoms with Crippen molar-refractivity contribution >= 4 is 11.6 Å². The van der Waals surface area contributed by atoms with Crippen molar-refractivity contribution in [3.63, 3.8) is 0 Å². The number of aromatic amines is 1. The molecule has 0 atom stereocenters. The van der Waals surface area contributed by atoms with Crippen molar-refractivity contribution in [1.82, 2.24) is 20.2 Å². The van der Waals surface area contributed by atoms with Crippen LogP contribution in [0.5, 0.6) is 11.5 Å². The lowest BCUT2D eigenvalue weighted by molar-refractivity contribution is 0.120. The van der Waals surface area contributed by atoms with E-state index in [4.69, 9.17) is 15.7 Å². The third-order valence-electron chi connectivity index (χ3n) is 5.87. The van der Waals surface area contributed by atoms with E-state index in [1.165, 1.54) is 50.9 Å².